The van der Waals surface area contributed by atoms with Gasteiger partial charge in [-0.25, -0.2) is 0 Å². The first-order valence-corrected chi connectivity index (χ1v) is 6.53. The first kappa shape index (κ1) is 10.4. The molecule has 0 spiro atoms. The summed E-state index contributed by atoms with van der Waals surface area (Å²) in [5.41, 5.74) is 5.15. The molecule has 0 radical (unpaired) electrons. The molecule has 0 aliphatic carbocycles. The molecule has 0 bridgehead atoms. The summed E-state index contributed by atoms with van der Waals surface area (Å²) in [5.74, 6) is 0. The van der Waals surface area contributed by atoms with Crippen LogP contribution in [-0.2, 0) is 6.54 Å². The summed E-state index contributed by atoms with van der Waals surface area (Å²) in [6.45, 7) is 0.895. The van der Waals surface area contributed by atoms with E-state index in [0.717, 1.165) is 6.54 Å². The Hall–Kier alpha value is -2.48. The van der Waals surface area contributed by atoms with Crippen LogP contribution in [0.4, 0.5) is 0 Å². The molecule has 2 nitrogen and oxygen atoms in total. The van der Waals surface area contributed by atoms with Gasteiger partial charge in [0.15, 0.2) is 0 Å². The third-order valence-corrected chi connectivity index (χ3v) is 3.67. The van der Waals surface area contributed by atoms with Gasteiger partial charge in [-0.2, -0.15) is 0 Å². The first-order chi connectivity index (χ1) is 9.45. The van der Waals surface area contributed by atoms with Gasteiger partial charge in [-0.1, -0.05) is 36.4 Å². The van der Waals surface area contributed by atoms with E-state index in [0.29, 0.717) is 0 Å². The van der Waals surface area contributed by atoms with E-state index in [4.69, 9.17) is 0 Å². The molecule has 0 saturated heterocycles. The largest absolute Gasteiger partial charge is 0.387 e. The van der Waals surface area contributed by atoms with Crippen LogP contribution in [0.25, 0.3) is 22.7 Å². The number of nitrogens with zero attached hydrogens (tertiary/aromatic N) is 1. The van der Waals surface area contributed by atoms with E-state index in [-0.39, 0.29) is 0 Å². The van der Waals surface area contributed by atoms with Crippen molar-refractivity contribution in [1.29, 1.82) is 0 Å². The van der Waals surface area contributed by atoms with E-state index in [1.807, 2.05) is 6.20 Å². The minimum atomic E-state index is 0.895. The van der Waals surface area contributed by atoms with Gasteiger partial charge in [0.1, 0.15) is 0 Å². The van der Waals surface area contributed by atoms with Gasteiger partial charge in [0.05, 0.1) is 11.2 Å². The highest BCUT2D eigenvalue weighted by Gasteiger charge is 2.17. The maximum absolute atomic E-state index is 3.30. The summed E-state index contributed by atoms with van der Waals surface area (Å²) in [5, 5.41) is 4.64. The molecule has 0 atom stereocenters. The summed E-state index contributed by atoms with van der Waals surface area (Å²) in [4.78, 5) is 0. The van der Waals surface area contributed by atoms with Crippen LogP contribution < -0.4 is 5.32 Å². The van der Waals surface area contributed by atoms with Crippen molar-refractivity contribution in [3.63, 3.8) is 0 Å². The standard InChI is InChI=1S/C17H14N2/c1-2-6-13(7-3-1)19-16-9-5-4-8-14(16)15-12-18-11-10-17(15)19/h1-11,18H,12H2. The van der Waals surface area contributed by atoms with Crippen LogP contribution in [0.5, 0.6) is 0 Å². The lowest BCUT2D eigenvalue weighted by atomic mass is 10.1. The fourth-order valence-corrected chi connectivity index (χ4v) is 2.84. The number of hydrogen-bond acceptors (Lipinski definition) is 1. The van der Waals surface area contributed by atoms with Gasteiger partial charge in [-0.15, -0.1) is 0 Å². The molecule has 0 unspecified atom stereocenters. The molecule has 1 aliphatic rings. The maximum Gasteiger partial charge on any atom is 0.0538 e. The molecule has 2 aromatic carbocycles. The molecule has 0 amide bonds. The Balaban J connectivity index is 2.13. The summed E-state index contributed by atoms with van der Waals surface area (Å²) >= 11 is 0. The van der Waals surface area contributed by atoms with E-state index in [1.165, 1.54) is 27.8 Å². The van der Waals surface area contributed by atoms with Crippen molar-refractivity contribution in [3.8, 4) is 5.69 Å². The molecule has 1 N–H and O–H groups in total. The zero-order chi connectivity index (χ0) is 12.7. The lowest BCUT2D eigenvalue weighted by Crippen LogP contribution is -2.10. The van der Waals surface area contributed by atoms with Gasteiger partial charge in [-0.05, 0) is 30.5 Å². The van der Waals surface area contributed by atoms with Gasteiger partial charge in [0.2, 0.25) is 0 Å². The normalized spacial score (nSPS) is 13.3. The Bertz CT molecular complexity index is 767. The summed E-state index contributed by atoms with van der Waals surface area (Å²) in [6.07, 6.45) is 4.19. The van der Waals surface area contributed by atoms with Crippen molar-refractivity contribution < 1.29 is 0 Å². The van der Waals surface area contributed by atoms with E-state index >= 15 is 0 Å². The Labute approximate surface area is 112 Å². The fourth-order valence-electron chi connectivity index (χ4n) is 2.84. The maximum atomic E-state index is 3.30. The van der Waals surface area contributed by atoms with Gasteiger partial charge < -0.3 is 9.88 Å². The minimum absolute atomic E-state index is 0.895. The van der Waals surface area contributed by atoms with Crippen molar-refractivity contribution in [2.75, 3.05) is 0 Å². The van der Waals surface area contributed by atoms with E-state index in [9.17, 15) is 0 Å². The molecule has 0 saturated carbocycles. The monoisotopic (exact) mass is 246 g/mol. The number of nitrogens with one attached hydrogen (secondary N) is 1. The zero-order valence-corrected chi connectivity index (χ0v) is 10.5. The van der Waals surface area contributed by atoms with E-state index < -0.39 is 0 Å². The van der Waals surface area contributed by atoms with Crippen molar-refractivity contribution in [2.24, 2.45) is 0 Å². The predicted octanol–water partition coefficient (Wildman–Crippen LogP) is 3.70. The molecule has 1 aliphatic heterocycles. The Morgan fingerprint density at radius 2 is 1.68 bits per heavy atom. The highest BCUT2D eigenvalue weighted by Crippen LogP contribution is 2.31. The van der Waals surface area contributed by atoms with Crippen LogP contribution in [0.2, 0.25) is 0 Å². The fraction of sp³-hybridized carbons (Fsp3) is 0.0588. The molecule has 1 aromatic heterocycles. The summed E-state index contributed by atoms with van der Waals surface area (Å²) < 4.78 is 2.34. The molecule has 0 fully saturated rings. The van der Waals surface area contributed by atoms with E-state index in [2.05, 4.69) is 70.6 Å². The number of benzene rings is 2. The number of aromatic nitrogens is 1. The SMILES string of the molecule is C1=Cc2c(c3ccccc3n2-c2ccccc2)CN1. The molecule has 19 heavy (non-hydrogen) atoms. The number of rotatable bonds is 1. The van der Waals surface area contributed by atoms with Crippen LogP contribution in [0.1, 0.15) is 11.3 Å². The van der Waals surface area contributed by atoms with Gasteiger partial charge in [-0.3, -0.25) is 0 Å². The molecule has 92 valence electrons. The van der Waals surface area contributed by atoms with E-state index in [1.54, 1.807) is 0 Å². The Kier molecular flexibility index (Phi) is 2.21. The zero-order valence-electron chi connectivity index (χ0n) is 10.5. The molecular formula is C17H14N2. The highest BCUT2D eigenvalue weighted by molar-refractivity contribution is 5.90. The third-order valence-electron chi connectivity index (χ3n) is 3.67. The first-order valence-electron chi connectivity index (χ1n) is 6.53. The number of para-hydroxylation sites is 2. The quantitative estimate of drug-likeness (QED) is 0.692. The number of fused-ring (bicyclic) bond motifs is 3. The van der Waals surface area contributed by atoms with Crippen molar-refractivity contribution in [1.82, 2.24) is 9.88 Å². The average Bonchev–Trinajstić information content (AvgIpc) is 2.83. The lowest BCUT2D eigenvalue weighted by Gasteiger charge is -2.12. The smallest absolute Gasteiger partial charge is 0.0538 e. The van der Waals surface area contributed by atoms with Gasteiger partial charge in [0.25, 0.3) is 0 Å². The molecule has 2 heterocycles. The molecule has 2 heteroatoms. The second kappa shape index (κ2) is 4.02. The Morgan fingerprint density at radius 1 is 0.895 bits per heavy atom. The highest BCUT2D eigenvalue weighted by atomic mass is 15.0. The molecular weight excluding hydrogens is 232 g/mol. The number of hydrogen-bond donors (Lipinski definition) is 1. The van der Waals surface area contributed by atoms with Crippen molar-refractivity contribution in [2.45, 2.75) is 6.54 Å². The lowest BCUT2D eigenvalue weighted by molar-refractivity contribution is 0.855. The van der Waals surface area contributed by atoms with Crippen LogP contribution >= 0.6 is 0 Å². The predicted molar refractivity (Wildman–Crippen MR) is 79.1 cm³/mol. The van der Waals surface area contributed by atoms with Crippen LogP contribution in [-0.4, -0.2) is 4.57 Å². The topological polar surface area (TPSA) is 17.0 Å². The van der Waals surface area contributed by atoms with Crippen LogP contribution in [0.15, 0.2) is 60.8 Å². The second-order valence-corrected chi connectivity index (χ2v) is 4.77. The van der Waals surface area contributed by atoms with Crippen LogP contribution in [0, 0.1) is 0 Å². The molecule has 4 rings (SSSR count). The van der Waals surface area contributed by atoms with Crippen molar-refractivity contribution >= 4 is 17.0 Å². The Morgan fingerprint density at radius 3 is 2.58 bits per heavy atom. The average molecular weight is 246 g/mol. The summed E-state index contributed by atoms with van der Waals surface area (Å²) in [7, 11) is 0. The third kappa shape index (κ3) is 1.50. The molecule has 3 aromatic rings. The van der Waals surface area contributed by atoms with Crippen LogP contribution in [0.3, 0.4) is 0 Å². The van der Waals surface area contributed by atoms with Gasteiger partial charge in [0, 0.05) is 23.2 Å². The summed E-state index contributed by atoms with van der Waals surface area (Å²) in [6, 6.07) is 19.1. The minimum Gasteiger partial charge on any atom is -0.387 e. The van der Waals surface area contributed by atoms with Gasteiger partial charge >= 0.3 is 0 Å². The second-order valence-electron chi connectivity index (χ2n) is 4.77. The van der Waals surface area contributed by atoms with Crippen molar-refractivity contribution in [3.05, 3.63) is 72.1 Å².